The van der Waals surface area contributed by atoms with Crippen LogP contribution in [0.25, 0.3) is 11.0 Å². The van der Waals surface area contributed by atoms with E-state index in [1.54, 1.807) is 0 Å². The number of amides is 1. The van der Waals surface area contributed by atoms with E-state index in [1.807, 2.05) is 73.6 Å². The lowest BCUT2D eigenvalue weighted by Crippen LogP contribution is -2.53. The van der Waals surface area contributed by atoms with E-state index >= 15 is 0 Å². The van der Waals surface area contributed by atoms with Crippen molar-refractivity contribution in [1.29, 1.82) is 0 Å². The van der Waals surface area contributed by atoms with E-state index in [1.165, 1.54) is 0 Å². The maximum absolute atomic E-state index is 13.1. The van der Waals surface area contributed by atoms with Gasteiger partial charge in [0, 0.05) is 26.2 Å². The standard InChI is InChI=1S/C22H26N4O/c1-22(2,18-8-4-3-5-9-18)21(27)25-14-12-24(13-15-25)17-26-16-23-19-10-6-7-11-20(19)26/h3-11,16H,12-15,17H2,1-2H3. The number of piperazine rings is 1. The van der Waals surface area contributed by atoms with Crippen molar-refractivity contribution >= 4 is 16.9 Å². The molecule has 1 saturated heterocycles. The number of hydrogen-bond acceptors (Lipinski definition) is 3. The van der Waals surface area contributed by atoms with Gasteiger partial charge >= 0.3 is 0 Å². The fourth-order valence-electron chi connectivity index (χ4n) is 3.80. The number of carbonyl (C=O) groups is 1. The van der Waals surface area contributed by atoms with Crippen molar-refractivity contribution in [2.45, 2.75) is 25.9 Å². The highest BCUT2D eigenvalue weighted by molar-refractivity contribution is 5.87. The van der Waals surface area contributed by atoms with Crippen LogP contribution in [0, 0.1) is 0 Å². The molecule has 0 unspecified atom stereocenters. The number of aromatic nitrogens is 2. The van der Waals surface area contributed by atoms with Gasteiger partial charge in [-0.15, -0.1) is 0 Å². The molecule has 0 bridgehead atoms. The first kappa shape index (κ1) is 17.7. The van der Waals surface area contributed by atoms with E-state index in [-0.39, 0.29) is 5.91 Å². The molecule has 0 atom stereocenters. The van der Waals surface area contributed by atoms with Crippen LogP contribution in [0.1, 0.15) is 19.4 Å². The molecule has 27 heavy (non-hydrogen) atoms. The SMILES string of the molecule is CC(C)(C(=O)N1CCN(Cn2cnc3ccccc32)CC1)c1ccccc1. The average molecular weight is 362 g/mol. The van der Waals surface area contributed by atoms with Crippen LogP contribution in [-0.4, -0.2) is 51.4 Å². The summed E-state index contributed by atoms with van der Waals surface area (Å²) in [5, 5.41) is 0. The molecular formula is C22H26N4O. The quantitative estimate of drug-likeness (QED) is 0.716. The number of benzene rings is 2. The van der Waals surface area contributed by atoms with E-state index in [0.29, 0.717) is 0 Å². The van der Waals surface area contributed by atoms with Crippen molar-refractivity contribution < 1.29 is 4.79 Å². The summed E-state index contributed by atoms with van der Waals surface area (Å²) in [6.45, 7) is 8.14. The van der Waals surface area contributed by atoms with Crippen molar-refractivity contribution in [1.82, 2.24) is 19.4 Å². The summed E-state index contributed by atoms with van der Waals surface area (Å²) in [7, 11) is 0. The van der Waals surface area contributed by atoms with E-state index < -0.39 is 5.41 Å². The average Bonchev–Trinajstić information content (AvgIpc) is 3.12. The molecule has 1 aromatic heterocycles. The van der Waals surface area contributed by atoms with Gasteiger partial charge in [0.15, 0.2) is 0 Å². The third-order valence-corrected chi connectivity index (χ3v) is 5.57. The Balaban J connectivity index is 1.39. The van der Waals surface area contributed by atoms with Gasteiger partial charge in [-0.1, -0.05) is 42.5 Å². The molecule has 2 aromatic carbocycles. The summed E-state index contributed by atoms with van der Waals surface area (Å²) in [6, 6.07) is 18.3. The first-order valence-corrected chi connectivity index (χ1v) is 9.53. The lowest BCUT2D eigenvalue weighted by atomic mass is 9.83. The van der Waals surface area contributed by atoms with Crippen molar-refractivity contribution in [3.05, 3.63) is 66.5 Å². The van der Waals surface area contributed by atoms with Crippen LogP contribution in [0.3, 0.4) is 0 Å². The molecule has 5 heteroatoms. The number of hydrogen-bond donors (Lipinski definition) is 0. The van der Waals surface area contributed by atoms with Crippen LogP contribution in [0.5, 0.6) is 0 Å². The Kier molecular flexibility index (Phi) is 4.70. The molecule has 1 amide bonds. The molecular weight excluding hydrogens is 336 g/mol. The molecule has 2 heterocycles. The van der Waals surface area contributed by atoms with Gasteiger partial charge in [-0.3, -0.25) is 9.69 Å². The number of carbonyl (C=O) groups excluding carboxylic acids is 1. The summed E-state index contributed by atoms with van der Waals surface area (Å²) in [5.74, 6) is 0.210. The van der Waals surface area contributed by atoms with E-state index in [4.69, 9.17) is 0 Å². The fraction of sp³-hybridized carbons (Fsp3) is 0.364. The highest BCUT2D eigenvalue weighted by Crippen LogP contribution is 2.26. The molecule has 1 aliphatic rings. The predicted octanol–water partition coefficient (Wildman–Crippen LogP) is 3.12. The summed E-state index contributed by atoms with van der Waals surface area (Å²) < 4.78 is 2.18. The molecule has 1 aliphatic heterocycles. The fourth-order valence-corrected chi connectivity index (χ4v) is 3.80. The van der Waals surface area contributed by atoms with Crippen molar-refractivity contribution in [3.63, 3.8) is 0 Å². The lowest BCUT2D eigenvalue weighted by Gasteiger charge is -2.38. The molecule has 5 nitrogen and oxygen atoms in total. The smallest absolute Gasteiger partial charge is 0.232 e. The molecule has 0 N–H and O–H groups in total. The largest absolute Gasteiger partial charge is 0.339 e. The highest BCUT2D eigenvalue weighted by Gasteiger charge is 2.35. The van der Waals surface area contributed by atoms with Crippen LogP contribution < -0.4 is 0 Å². The van der Waals surface area contributed by atoms with Crippen molar-refractivity contribution in [2.24, 2.45) is 0 Å². The molecule has 3 aromatic rings. The van der Waals surface area contributed by atoms with E-state index in [2.05, 4.69) is 20.5 Å². The zero-order chi connectivity index (χ0) is 18.9. The van der Waals surface area contributed by atoms with Crippen molar-refractivity contribution in [3.8, 4) is 0 Å². The minimum Gasteiger partial charge on any atom is -0.339 e. The van der Waals surface area contributed by atoms with Crippen LogP contribution in [0.4, 0.5) is 0 Å². The molecule has 1 fully saturated rings. The normalized spacial score (nSPS) is 16.0. The van der Waals surface area contributed by atoms with Gasteiger partial charge in [-0.25, -0.2) is 4.98 Å². The Hall–Kier alpha value is -2.66. The number of para-hydroxylation sites is 2. The van der Waals surface area contributed by atoms with Gasteiger partial charge in [0.25, 0.3) is 0 Å². The number of imidazole rings is 1. The topological polar surface area (TPSA) is 41.4 Å². The Morgan fingerprint density at radius 2 is 1.63 bits per heavy atom. The molecule has 0 spiro atoms. The molecule has 4 rings (SSSR count). The van der Waals surface area contributed by atoms with E-state index in [9.17, 15) is 4.79 Å². The van der Waals surface area contributed by atoms with Gasteiger partial charge in [0.1, 0.15) is 0 Å². The third kappa shape index (κ3) is 3.47. The Morgan fingerprint density at radius 3 is 2.37 bits per heavy atom. The zero-order valence-corrected chi connectivity index (χ0v) is 16.0. The molecule has 0 radical (unpaired) electrons. The highest BCUT2D eigenvalue weighted by atomic mass is 16.2. The summed E-state index contributed by atoms with van der Waals surface area (Å²) in [4.78, 5) is 22.0. The maximum atomic E-state index is 13.1. The Bertz CT molecular complexity index is 924. The van der Waals surface area contributed by atoms with Crippen molar-refractivity contribution in [2.75, 3.05) is 26.2 Å². The summed E-state index contributed by atoms with van der Waals surface area (Å²) >= 11 is 0. The first-order chi connectivity index (χ1) is 13.1. The van der Waals surface area contributed by atoms with Crippen LogP contribution >= 0.6 is 0 Å². The lowest BCUT2D eigenvalue weighted by molar-refractivity contribution is -0.138. The maximum Gasteiger partial charge on any atom is 0.232 e. The number of rotatable bonds is 4. The Morgan fingerprint density at radius 1 is 0.963 bits per heavy atom. The predicted molar refractivity (Wildman–Crippen MR) is 107 cm³/mol. The van der Waals surface area contributed by atoms with Gasteiger partial charge < -0.3 is 9.47 Å². The van der Waals surface area contributed by atoms with Gasteiger partial charge in [0.05, 0.1) is 29.4 Å². The first-order valence-electron chi connectivity index (χ1n) is 9.53. The second-order valence-electron chi connectivity index (χ2n) is 7.75. The minimum absolute atomic E-state index is 0.210. The molecule has 0 aliphatic carbocycles. The third-order valence-electron chi connectivity index (χ3n) is 5.57. The number of nitrogens with zero attached hydrogens (tertiary/aromatic N) is 4. The summed E-state index contributed by atoms with van der Waals surface area (Å²) in [6.07, 6.45) is 1.90. The van der Waals surface area contributed by atoms with E-state index in [0.717, 1.165) is 49.4 Å². The minimum atomic E-state index is -0.496. The van der Waals surface area contributed by atoms with Gasteiger partial charge in [0.2, 0.25) is 5.91 Å². The zero-order valence-electron chi connectivity index (χ0n) is 16.0. The summed E-state index contributed by atoms with van der Waals surface area (Å²) in [5.41, 5.74) is 2.75. The van der Waals surface area contributed by atoms with Crippen LogP contribution in [-0.2, 0) is 16.9 Å². The molecule has 140 valence electrons. The monoisotopic (exact) mass is 362 g/mol. The molecule has 0 saturated carbocycles. The van der Waals surface area contributed by atoms with Gasteiger partial charge in [-0.2, -0.15) is 0 Å². The Labute approximate surface area is 160 Å². The van der Waals surface area contributed by atoms with Crippen LogP contribution in [0.2, 0.25) is 0 Å². The second kappa shape index (κ2) is 7.16. The van der Waals surface area contributed by atoms with Crippen LogP contribution in [0.15, 0.2) is 60.9 Å². The second-order valence-corrected chi connectivity index (χ2v) is 7.75. The van der Waals surface area contributed by atoms with Gasteiger partial charge in [-0.05, 0) is 31.5 Å². The number of fused-ring (bicyclic) bond motifs is 1.